The second-order valence-electron chi connectivity index (χ2n) is 4.22. The van der Waals surface area contributed by atoms with Crippen LogP contribution >= 0.6 is 0 Å². The van der Waals surface area contributed by atoms with Crippen molar-refractivity contribution in [1.29, 1.82) is 0 Å². The molecule has 0 bridgehead atoms. The van der Waals surface area contributed by atoms with E-state index in [1.807, 2.05) is 12.1 Å². The van der Waals surface area contributed by atoms with Gasteiger partial charge in [0, 0.05) is 6.54 Å². The Hall–Kier alpha value is -1.35. The standard InChI is InChI=1S/C14H22N2O/c1-4-16(5-2)11-14(17)15-10-13-8-6-12(3)7-9-13/h6-9H,4-5,10-11H2,1-3H3,(H,15,17). The highest BCUT2D eigenvalue weighted by Crippen LogP contribution is 2.02. The molecule has 0 aromatic heterocycles. The number of amides is 1. The largest absolute Gasteiger partial charge is 0.351 e. The van der Waals surface area contributed by atoms with Crippen LogP contribution in [0.1, 0.15) is 25.0 Å². The summed E-state index contributed by atoms with van der Waals surface area (Å²) in [6, 6.07) is 8.22. The maximum Gasteiger partial charge on any atom is 0.234 e. The van der Waals surface area contributed by atoms with Crippen molar-refractivity contribution >= 4 is 5.91 Å². The first-order valence-electron chi connectivity index (χ1n) is 6.20. The maximum absolute atomic E-state index is 11.7. The Morgan fingerprint density at radius 2 is 1.76 bits per heavy atom. The Balaban J connectivity index is 2.35. The van der Waals surface area contributed by atoms with Crippen molar-refractivity contribution in [2.45, 2.75) is 27.3 Å². The van der Waals surface area contributed by atoms with E-state index in [9.17, 15) is 4.79 Å². The van der Waals surface area contributed by atoms with E-state index in [1.165, 1.54) is 5.56 Å². The van der Waals surface area contributed by atoms with Gasteiger partial charge in [-0.2, -0.15) is 0 Å². The monoisotopic (exact) mass is 234 g/mol. The highest BCUT2D eigenvalue weighted by atomic mass is 16.2. The molecule has 1 amide bonds. The predicted molar refractivity (Wildman–Crippen MR) is 70.8 cm³/mol. The smallest absolute Gasteiger partial charge is 0.234 e. The van der Waals surface area contributed by atoms with Gasteiger partial charge < -0.3 is 5.32 Å². The maximum atomic E-state index is 11.7. The molecule has 0 heterocycles. The van der Waals surface area contributed by atoms with E-state index in [0.29, 0.717) is 13.1 Å². The summed E-state index contributed by atoms with van der Waals surface area (Å²) in [5.41, 5.74) is 2.38. The van der Waals surface area contributed by atoms with Crippen molar-refractivity contribution in [3.05, 3.63) is 35.4 Å². The number of hydrogen-bond donors (Lipinski definition) is 1. The first-order chi connectivity index (χ1) is 8.15. The van der Waals surface area contributed by atoms with Gasteiger partial charge >= 0.3 is 0 Å². The molecule has 0 radical (unpaired) electrons. The summed E-state index contributed by atoms with van der Waals surface area (Å²) < 4.78 is 0. The van der Waals surface area contributed by atoms with E-state index in [-0.39, 0.29) is 5.91 Å². The lowest BCUT2D eigenvalue weighted by molar-refractivity contribution is -0.122. The number of rotatable bonds is 6. The molecule has 0 unspecified atom stereocenters. The molecule has 0 saturated heterocycles. The van der Waals surface area contributed by atoms with Gasteiger partial charge in [0.1, 0.15) is 0 Å². The van der Waals surface area contributed by atoms with Crippen molar-refractivity contribution in [3.8, 4) is 0 Å². The zero-order valence-electron chi connectivity index (χ0n) is 11.0. The van der Waals surface area contributed by atoms with Crippen molar-refractivity contribution in [2.75, 3.05) is 19.6 Å². The number of nitrogens with zero attached hydrogens (tertiary/aromatic N) is 1. The molecule has 1 N–H and O–H groups in total. The Kier molecular flexibility index (Phi) is 5.70. The molecule has 0 saturated carbocycles. The third-order valence-corrected chi connectivity index (χ3v) is 2.87. The molecular weight excluding hydrogens is 212 g/mol. The van der Waals surface area contributed by atoms with E-state index in [1.54, 1.807) is 0 Å². The number of nitrogens with one attached hydrogen (secondary N) is 1. The average molecular weight is 234 g/mol. The first-order valence-corrected chi connectivity index (χ1v) is 6.20. The Morgan fingerprint density at radius 3 is 2.29 bits per heavy atom. The molecule has 0 fully saturated rings. The van der Waals surface area contributed by atoms with Crippen molar-refractivity contribution in [1.82, 2.24) is 10.2 Å². The molecule has 1 rings (SSSR count). The van der Waals surface area contributed by atoms with E-state index in [2.05, 4.69) is 43.1 Å². The molecule has 94 valence electrons. The predicted octanol–water partition coefficient (Wildman–Crippen LogP) is 1.95. The van der Waals surface area contributed by atoms with Gasteiger partial charge in [-0.15, -0.1) is 0 Å². The van der Waals surface area contributed by atoms with Gasteiger partial charge in [0.15, 0.2) is 0 Å². The zero-order chi connectivity index (χ0) is 12.7. The van der Waals surface area contributed by atoms with Gasteiger partial charge in [0.2, 0.25) is 5.91 Å². The molecule has 0 spiro atoms. The number of carbonyl (C=O) groups excluding carboxylic acids is 1. The zero-order valence-corrected chi connectivity index (χ0v) is 11.0. The van der Waals surface area contributed by atoms with Gasteiger partial charge in [-0.1, -0.05) is 43.7 Å². The molecule has 17 heavy (non-hydrogen) atoms. The summed E-state index contributed by atoms with van der Waals surface area (Å²) in [6.07, 6.45) is 0. The number of likely N-dealkylation sites (N-methyl/N-ethyl adjacent to an activating group) is 1. The van der Waals surface area contributed by atoms with Gasteiger partial charge in [-0.05, 0) is 25.6 Å². The Bertz CT molecular complexity index is 342. The molecule has 0 atom stereocenters. The summed E-state index contributed by atoms with van der Waals surface area (Å²) in [4.78, 5) is 13.8. The van der Waals surface area contributed by atoms with E-state index in [0.717, 1.165) is 18.7 Å². The van der Waals surface area contributed by atoms with Gasteiger partial charge in [-0.25, -0.2) is 0 Å². The minimum Gasteiger partial charge on any atom is -0.351 e. The normalized spacial score (nSPS) is 10.6. The van der Waals surface area contributed by atoms with E-state index in [4.69, 9.17) is 0 Å². The Labute approximate surface area is 104 Å². The first kappa shape index (κ1) is 13.7. The van der Waals surface area contributed by atoms with Crippen molar-refractivity contribution < 1.29 is 4.79 Å². The number of benzene rings is 1. The summed E-state index contributed by atoms with van der Waals surface area (Å²) >= 11 is 0. The average Bonchev–Trinajstić information content (AvgIpc) is 2.35. The molecule has 1 aromatic carbocycles. The second kappa shape index (κ2) is 7.07. The third-order valence-electron chi connectivity index (χ3n) is 2.87. The molecule has 0 aliphatic rings. The summed E-state index contributed by atoms with van der Waals surface area (Å²) in [7, 11) is 0. The minimum atomic E-state index is 0.0919. The topological polar surface area (TPSA) is 32.3 Å². The van der Waals surface area contributed by atoms with Crippen LogP contribution in [0.4, 0.5) is 0 Å². The molecule has 3 heteroatoms. The third kappa shape index (κ3) is 5.00. The Morgan fingerprint density at radius 1 is 1.18 bits per heavy atom. The van der Waals surface area contributed by atoms with Crippen LogP contribution in [0.5, 0.6) is 0 Å². The summed E-state index contributed by atoms with van der Waals surface area (Å²) in [5, 5.41) is 2.94. The fraction of sp³-hybridized carbons (Fsp3) is 0.500. The molecule has 0 aliphatic heterocycles. The lowest BCUT2D eigenvalue weighted by Gasteiger charge is -2.17. The van der Waals surface area contributed by atoms with Crippen molar-refractivity contribution in [2.24, 2.45) is 0 Å². The second-order valence-corrected chi connectivity index (χ2v) is 4.22. The van der Waals surface area contributed by atoms with Crippen LogP contribution in [0.15, 0.2) is 24.3 Å². The molecule has 1 aromatic rings. The fourth-order valence-electron chi connectivity index (χ4n) is 1.61. The molecule has 0 aliphatic carbocycles. The van der Waals surface area contributed by atoms with Crippen LogP contribution in [0.25, 0.3) is 0 Å². The van der Waals surface area contributed by atoms with Gasteiger partial charge in [0.05, 0.1) is 6.54 Å². The lowest BCUT2D eigenvalue weighted by Crippen LogP contribution is -2.36. The summed E-state index contributed by atoms with van der Waals surface area (Å²) in [5.74, 6) is 0.0919. The minimum absolute atomic E-state index is 0.0919. The van der Waals surface area contributed by atoms with Crippen LogP contribution in [-0.4, -0.2) is 30.4 Å². The van der Waals surface area contributed by atoms with Crippen LogP contribution < -0.4 is 5.32 Å². The van der Waals surface area contributed by atoms with Crippen molar-refractivity contribution in [3.63, 3.8) is 0 Å². The van der Waals surface area contributed by atoms with Crippen LogP contribution in [0.2, 0.25) is 0 Å². The summed E-state index contributed by atoms with van der Waals surface area (Å²) in [6.45, 7) is 9.11. The van der Waals surface area contributed by atoms with Crippen LogP contribution in [-0.2, 0) is 11.3 Å². The van der Waals surface area contributed by atoms with E-state index < -0.39 is 0 Å². The SMILES string of the molecule is CCN(CC)CC(=O)NCc1ccc(C)cc1. The fourth-order valence-corrected chi connectivity index (χ4v) is 1.61. The lowest BCUT2D eigenvalue weighted by atomic mass is 10.1. The highest BCUT2D eigenvalue weighted by Gasteiger charge is 2.06. The number of carbonyl (C=O) groups is 1. The van der Waals surface area contributed by atoms with Gasteiger partial charge in [-0.3, -0.25) is 9.69 Å². The van der Waals surface area contributed by atoms with Crippen LogP contribution in [0, 0.1) is 6.92 Å². The number of hydrogen-bond acceptors (Lipinski definition) is 2. The quantitative estimate of drug-likeness (QED) is 0.816. The van der Waals surface area contributed by atoms with Gasteiger partial charge in [0.25, 0.3) is 0 Å². The highest BCUT2D eigenvalue weighted by molar-refractivity contribution is 5.77. The number of aryl methyl sites for hydroxylation is 1. The van der Waals surface area contributed by atoms with Crippen LogP contribution in [0.3, 0.4) is 0 Å². The van der Waals surface area contributed by atoms with E-state index >= 15 is 0 Å². The molecular formula is C14H22N2O. The molecule has 3 nitrogen and oxygen atoms in total.